The molecule has 0 spiro atoms. The highest BCUT2D eigenvalue weighted by molar-refractivity contribution is 8.01. The molecule has 1 aromatic carbocycles. The molecule has 5 nitrogen and oxygen atoms in total. The van der Waals surface area contributed by atoms with E-state index in [-0.39, 0.29) is 24.0 Å². The number of amides is 2. The molecule has 1 aromatic rings. The number of nitrogens with zero attached hydrogens (tertiary/aromatic N) is 1. The maximum Gasteiger partial charge on any atom is 0.247 e. The van der Waals surface area contributed by atoms with Crippen molar-refractivity contribution in [1.82, 2.24) is 0 Å². The first-order valence-electron chi connectivity index (χ1n) is 5.33. The summed E-state index contributed by atoms with van der Waals surface area (Å²) in [6.07, 6.45) is 0.0334. The topological polar surface area (TPSA) is 77.5 Å². The van der Waals surface area contributed by atoms with Gasteiger partial charge in [0.15, 0.2) is 0 Å². The number of anilines is 1. The third-order valence-electron chi connectivity index (χ3n) is 2.52. The maximum absolute atomic E-state index is 12.0. The third kappa shape index (κ3) is 2.53. The van der Waals surface area contributed by atoms with Gasteiger partial charge in [-0.3, -0.25) is 9.59 Å². The lowest BCUT2D eigenvalue weighted by Gasteiger charge is -2.14. The number of hydrogen-bond donors (Lipinski definition) is 0. The zero-order valence-corrected chi connectivity index (χ0v) is 10.2. The summed E-state index contributed by atoms with van der Waals surface area (Å²) in [5.74, 6) is -2.19. The summed E-state index contributed by atoms with van der Waals surface area (Å²) in [6, 6.07) is 8.59. The van der Waals surface area contributed by atoms with E-state index in [1.807, 2.05) is 0 Å². The predicted molar refractivity (Wildman–Crippen MR) is 64.8 cm³/mol. The number of imide groups is 1. The van der Waals surface area contributed by atoms with Crippen LogP contribution in [0.5, 0.6) is 0 Å². The fourth-order valence-corrected chi connectivity index (χ4v) is 2.60. The number of aliphatic carboxylic acids is 1. The lowest BCUT2D eigenvalue weighted by molar-refractivity contribution is -0.301. The molecule has 18 heavy (non-hydrogen) atoms. The smallest absolute Gasteiger partial charge is 0.247 e. The van der Waals surface area contributed by atoms with Crippen molar-refractivity contribution in [3.8, 4) is 0 Å². The number of rotatable bonds is 4. The largest absolute Gasteiger partial charge is 0.549 e. The van der Waals surface area contributed by atoms with Crippen molar-refractivity contribution < 1.29 is 19.5 Å². The minimum atomic E-state index is -1.24. The number of thioether (sulfide) groups is 1. The van der Waals surface area contributed by atoms with Gasteiger partial charge in [0.2, 0.25) is 11.8 Å². The Balaban J connectivity index is 2.12. The lowest BCUT2D eigenvalue weighted by Crippen LogP contribution is -2.32. The predicted octanol–water partition coefficient (Wildman–Crippen LogP) is -0.198. The van der Waals surface area contributed by atoms with Crippen LogP contribution in [-0.2, 0) is 14.4 Å². The molecule has 1 aliphatic rings. The Morgan fingerprint density at radius 1 is 1.33 bits per heavy atom. The molecule has 2 amide bonds. The van der Waals surface area contributed by atoms with E-state index < -0.39 is 11.2 Å². The summed E-state index contributed by atoms with van der Waals surface area (Å²) in [6.45, 7) is 0. The minimum Gasteiger partial charge on any atom is -0.549 e. The van der Waals surface area contributed by atoms with Gasteiger partial charge in [-0.2, -0.15) is 0 Å². The number of carboxylic acids is 1. The van der Waals surface area contributed by atoms with E-state index in [9.17, 15) is 19.5 Å². The average molecular weight is 264 g/mol. The Bertz CT molecular complexity index is 488. The molecule has 1 saturated heterocycles. The Hall–Kier alpha value is -1.82. The Morgan fingerprint density at radius 2 is 2.00 bits per heavy atom. The lowest BCUT2D eigenvalue weighted by atomic mass is 10.3. The highest BCUT2D eigenvalue weighted by Crippen LogP contribution is 2.29. The van der Waals surface area contributed by atoms with Gasteiger partial charge in [0.05, 0.1) is 16.9 Å². The number of carbonyl (C=O) groups is 3. The van der Waals surface area contributed by atoms with Crippen LogP contribution in [0.1, 0.15) is 6.42 Å². The fraction of sp³-hybridized carbons (Fsp3) is 0.250. The van der Waals surface area contributed by atoms with Crippen LogP contribution >= 0.6 is 11.8 Å². The van der Waals surface area contributed by atoms with Crippen molar-refractivity contribution in [2.45, 2.75) is 11.7 Å². The standard InChI is InChI=1S/C12H11NO4S/c14-10-6-9(18-7-11(15)16)12(17)13(10)8-4-2-1-3-5-8/h1-5,9H,6-7H2,(H,15,16)/p-1. The molecule has 0 radical (unpaired) electrons. The average Bonchev–Trinajstić information content (AvgIpc) is 2.63. The van der Waals surface area contributed by atoms with Gasteiger partial charge in [0, 0.05) is 12.2 Å². The molecule has 1 heterocycles. The number of hydrogen-bond acceptors (Lipinski definition) is 5. The third-order valence-corrected chi connectivity index (χ3v) is 3.70. The van der Waals surface area contributed by atoms with Gasteiger partial charge in [-0.05, 0) is 12.1 Å². The zero-order valence-electron chi connectivity index (χ0n) is 9.37. The van der Waals surface area contributed by atoms with Crippen LogP contribution in [0.2, 0.25) is 0 Å². The van der Waals surface area contributed by atoms with E-state index in [0.717, 1.165) is 16.7 Å². The van der Waals surface area contributed by atoms with Crippen LogP contribution in [0.4, 0.5) is 5.69 Å². The second-order valence-electron chi connectivity index (χ2n) is 3.78. The Morgan fingerprint density at radius 3 is 2.61 bits per heavy atom. The first-order chi connectivity index (χ1) is 8.59. The zero-order chi connectivity index (χ0) is 13.1. The van der Waals surface area contributed by atoms with Crippen molar-refractivity contribution in [3.05, 3.63) is 30.3 Å². The molecule has 1 unspecified atom stereocenters. The van der Waals surface area contributed by atoms with E-state index in [2.05, 4.69) is 0 Å². The van der Waals surface area contributed by atoms with Crippen LogP contribution in [0.3, 0.4) is 0 Å². The van der Waals surface area contributed by atoms with Gasteiger partial charge < -0.3 is 9.90 Å². The first kappa shape index (κ1) is 12.6. The Kier molecular flexibility index (Phi) is 3.66. The second kappa shape index (κ2) is 5.22. The monoisotopic (exact) mass is 264 g/mol. The molecule has 6 heteroatoms. The van der Waals surface area contributed by atoms with Crippen molar-refractivity contribution in [1.29, 1.82) is 0 Å². The Labute approximate surface area is 108 Å². The minimum absolute atomic E-state index is 0.0334. The summed E-state index contributed by atoms with van der Waals surface area (Å²) >= 11 is 0.928. The van der Waals surface area contributed by atoms with Gasteiger partial charge >= 0.3 is 0 Å². The maximum atomic E-state index is 12.0. The molecule has 0 aliphatic carbocycles. The molecule has 1 aliphatic heterocycles. The van der Waals surface area contributed by atoms with Crippen molar-refractivity contribution in [2.75, 3.05) is 10.7 Å². The molecule has 0 N–H and O–H groups in total. The van der Waals surface area contributed by atoms with Gasteiger partial charge in [-0.1, -0.05) is 18.2 Å². The van der Waals surface area contributed by atoms with E-state index in [1.54, 1.807) is 30.3 Å². The van der Waals surface area contributed by atoms with E-state index >= 15 is 0 Å². The first-order valence-corrected chi connectivity index (χ1v) is 6.38. The normalized spacial score (nSPS) is 19.3. The summed E-state index contributed by atoms with van der Waals surface area (Å²) < 4.78 is 0. The van der Waals surface area contributed by atoms with Crippen LogP contribution in [0, 0.1) is 0 Å². The van der Waals surface area contributed by atoms with E-state index in [4.69, 9.17) is 0 Å². The summed E-state index contributed by atoms with van der Waals surface area (Å²) in [4.78, 5) is 35.2. The summed E-state index contributed by atoms with van der Waals surface area (Å²) in [5, 5.41) is 9.72. The molecule has 0 saturated carbocycles. The van der Waals surface area contributed by atoms with Gasteiger partial charge in [-0.15, -0.1) is 11.8 Å². The van der Waals surface area contributed by atoms with Crippen molar-refractivity contribution in [2.24, 2.45) is 0 Å². The molecule has 0 aromatic heterocycles. The van der Waals surface area contributed by atoms with Gasteiger partial charge in [0.1, 0.15) is 0 Å². The fourth-order valence-electron chi connectivity index (χ4n) is 1.75. The number of benzene rings is 1. The second-order valence-corrected chi connectivity index (χ2v) is 4.97. The van der Waals surface area contributed by atoms with Gasteiger partial charge in [-0.25, -0.2) is 4.90 Å². The van der Waals surface area contributed by atoms with E-state index in [1.165, 1.54) is 0 Å². The number of carboxylic acid groups (broad SMARTS) is 1. The highest BCUT2D eigenvalue weighted by Gasteiger charge is 2.39. The van der Waals surface area contributed by atoms with Crippen molar-refractivity contribution >= 4 is 35.2 Å². The summed E-state index contributed by atoms with van der Waals surface area (Å²) in [5.41, 5.74) is 0.518. The molecular formula is C12H10NO4S-. The van der Waals surface area contributed by atoms with Crippen LogP contribution in [-0.4, -0.2) is 28.8 Å². The van der Waals surface area contributed by atoms with Crippen LogP contribution < -0.4 is 10.0 Å². The molecule has 1 fully saturated rings. The van der Waals surface area contributed by atoms with E-state index in [0.29, 0.717) is 5.69 Å². The molecule has 94 valence electrons. The quantitative estimate of drug-likeness (QED) is 0.704. The molecular weight excluding hydrogens is 254 g/mol. The van der Waals surface area contributed by atoms with Gasteiger partial charge in [0.25, 0.3) is 0 Å². The highest BCUT2D eigenvalue weighted by atomic mass is 32.2. The molecule has 0 bridgehead atoms. The number of para-hydroxylation sites is 1. The molecule has 1 atom stereocenters. The summed E-state index contributed by atoms with van der Waals surface area (Å²) in [7, 11) is 0. The SMILES string of the molecule is O=C([O-])CSC1CC(=O)N(c2ccccc2)C1=O. The number of carbonyl (C=O) groups excluding carboxylic acids is 3. The molecule has 2 rings (SSSR count). The van der Waals surface area contributed by atoms with Crippen LogP contribution in [0.15, 0.2) is 30.3 Å². The van der Waals surface area contributed by atoms with Crippen LogP contribution in [0.25, 0.3) is 0 Å². The van der Waals surface area contributed by atoms with Crippen molar-refractivity contribution in [3.63, 3.8) is 0 Å².